The van der Waals surface area contributed by atoms with Crippen LogP contribution in [0.3, 0.4) is 0 Å². The van der Waals surface area contributed by atoms with E-state index in [9.17, 15) is 28.5 Å². The number of carbonyl (C=O) groups is 1. The van der Waals surface area contributed by atoms with Gasteiger partial charge in [0.1, 0.15) is 30.5 Å². The smallest absolute Gasteiger partial charge is 0.397 e. The fraction of sp³-hybridized carbons (Fsp3) is 0.729. The van der Waals surface area contributed by atoms with Crippen molar-refractivity contribution in [2.45, 2.75) is 198 Å². The number of esters is 1. The summed E-state index contributed by atoms with van der Waals surface area (Å²) in [6, 6.07) is 0. The van der Waals surface area contributed by atoms with E-state index in [1.165, 1.54) is 64.2 Å². The highest BCUT2D eigenvalue weighted by molar-refractivity contribution is 7.80. The molecular formula is C48H82O12S. The Morgan fingerprint density at radius 2 is 1.13 bits per heavy atom. The molecule has 0 aromatic carbocycles. The van der Waals surface area contributed by atoms with Crippen molar-refractivity contribution >= 4 is 16.4 Å². The highest BCUT2D eigenvalue weighted by Crippen LogP contribution is 2.26. The predicted molar refractivity (Wildman–Crippen MR) is 243 cm³/mol. The summed E-state index contributed by atoms with van der Waals surface area (Å²) in [4.78, 5) is 12.8. The lowest BCUT2D eigenvalue weighted by Crippen LogP contribution is -2.60. The van der Waals surface area contributed by atoms with E-state index in [4.69, 9.17) is 23.5 Å². The molecule has 1 saturated heterocycles. The van der Waals surface area contributed by atoms with Crippen molar-refractivity contribution in [3.8, 4) is 0 Å². The number of ether oxygens (including phenoxy) is 4. The molecule has 13 heteroatoms. The molecule has 6 unspecified atom stereocenters. The number of rotatable bonds is 39. The standard InChI is InChI=1S/C48H82O12S/c1-3-5-7-9-11-13-15-17-19-21-23-25-27-29-31-33-35-37-44(50)58-42(41-57-48-46(52)47(60-61(53,54)55)45(51)43(39-49)59-48)40-56-38-36-34-32-30-28-26-24-22-20-18-16-14-12-10-8-6-4-2/h5,7,11,13,17,19-20,22-23,25,29,31,42-43,45-49,51-52H,3-4,6,8-10,12,14-16,18,21,24,26-28,30,32-41H2,1-2H3,(H,53,54,55)/b7-5-,13-11-,19-17-,22-20-,25-23-,31-29-. The van der Waals surface area contributed by atoms with E-state index in [0.717, 1.165) is 64.2 Å². The summed E-state index contributed by atoms with van der Waals surface area (Å²) in [5.74, 6) is -0.460. The van der Waals surface area contributed by atoms with Crippen LogP contribution in [0.5, 0.6) is 0 Å². The van der Waals surface area contributed by atoms with E-state index in [0.29, 0.717) is 19.4 Å². The van der Waals surface area contributed by atoms with E-state index >= 15 is 0 Å². The normalized spacial score (nSPS) is 20.8. The topological polar surface area (TPSA) is 178 Å². The fourth-order valence-electron chi connectivity index (χ4n) is 6.58. The van der Waals surface area contributed by atoms with Crippen molar-refractivity contribution in [2.75, 3.05) is 26.4 Å². The molecule has 0 amide bonds. The molecule has 4 N–H and O–H groups in total. The molecule has 0 aliphatic carbocycles. The zero-order chi connectivity index (χ0) is 44.7. The Morgan fingerprint density at radius 1 is 0.639 bits per heavy atom. The monoisotopic (exact) mass is 883 g/mol. The largest absolute Gasteiger partial charge is 0.457 e. The minimum Gasteiger partial charge on any atom is -0.457 e. The van der Waals surface area contributed by atoms with Crippen LogP contribution in [-0.2, 0) is 38.3 Å². The Labute approximate surface area is 369 Å². The quantitative estimate of drug-likeness (QED) is 0.0199. The molecule has 1 fully saturated rings. The third-order valence-electron chi connectivity index (χ3n) is 10.1. The molecule has 0 bridgehead atoms. The lowest BCUT2D eigenvalue weighted by atomic mass is 9.99. The van der Waals surface area contributed by atoms with Crippen LogP contribution in [0, 0.1) is 0 Å². The van der Waals surface area contributed by atoms with Gasteiger partial charge in [-0.25, -0.2) is 4.18 Å². The predicted octanol–water partition coefficient (Wildman–Crippen LogP) is 9.91. The van der Waals surface area contributed by atoms with E-state index in [-0.39, 0.29) is 19.6 Å². The van der Waals surface area contributed by atoms with Crippen LogP contribution in [0.1, 0.15) is 162 Å². The fourth-order valence-corrected chi connectivity index (χ4v) is 7.09. The molecule has 1 heterocycles. The van der Waals surface area contributed by atoms with Gasteiger partial charge in [-0.2, -0.15) is 8.42 Å². The Bertz CT molecular complexity index is 1340. The van der Waals surface area contributed by atoms with Crippen molar-refractivity contribution in [1.82, 2.24) is 0 Å². The number of aliphatic hydroxyl groups is 3. The van der Waals surface area contributed by atoms with Crippen molar-refractivity contribution in [1.29, 1.82) is 0 Å². The molecule has 61 heavy (non-hydrogen) atoms. The van der Waals surface area contributed by atoms with Gasteiger partial charge in [0.15, 0.2) is 6.29 Å². The molecular weight excluding hydrogens is 801 g/mol. The third kappa shape index (κ3) is 32.8. The number of carbonyl (C=O) groups excluding carboxylic acids is 1. The van der Waals surface area contributed by atoms with Crippen LogP contribution in [0.25, 0.3) is 0 Å². The molecule has 0 saturated carbocycles. The van der Waals surface area contributed by atoms with E-state index in [2.05, 4.69) is 84.9 Å². The number of hydrogen-bond donors (Lipinski definition) is 4. The van der Waals surface area contributed by atoms with Crippen LogP contribution < -0.4 is 0 Å². The first-order valence-corrected chi connectivity index (χ1v) is 24.6. The van der Waals surface area contributed by atoms with Crippen LogP contribution in [-0.4, -0.2) is 97.5 Å². The Balaban J connectivity index is 2.48. The first-order valence-electron chi connectivity index (χ1n) is 23.2. The second-order valence-corrected chi connectivity index (χ2v) is 16.7. The lowest BCUT2D eigenvalue weighted by molar-refractivity contribution is -0.301. The molecule has 1 aliphatic heterocycles. The third-order valence-corrected chi connectivity index (χ3v) is 10.5. The van der Waals surface area contributed by atoms with Crippen LogP contribution in [0.4, 0.5) is 0 Å². The molecule has 12 nitrogen and oxygen atoms in total. The Kier molecular flexibility index (Phi) is 36.3. The lowest BCUT2D eigenvalue weighted by Gasteiger charge is -2.41. The molecule has 1 rings (SSSR count). The maximum absolute atomic E-state index is 12.8. The maximum Gasteiger partial charge on any atom is 0.397 e. The highest BCUT2D eigenvalue weighted by atomic mass is 32.3. The van der Waals surface area contributed by atoms with Gasteiger partial charge < -0.3 is 34.3 Å². The second-order valence-electron chi connectivity index (χ2n) is 15.6. The highest BCUT2D eigenvalue weighted by Gasteiger charge is 2.48. The summed E-state index contributed by atoms with van der Waals surface area (Å²) in [7, 11) is -5.07. The van der Waals surface area contributed by atoms with Gasteiger partial charge in [-0.05, 0) is 77.0 Å². The van der Waals surface area contributed by atoms with Gasteiger partial charge in [0.25, 0.3) is 0 Å². The molecule has 1 aliphatic rings. The average Bonchev–Trinajstić information content (AvgIpc) is 3.23. The second kappa shape index (κ2) is 39.2. The summed E-state index contributed by atoms with van der Waals surface area (Å²) in [6.07, 6.45) is 40.8. The van der Waals surface area contributed by atoms with E-state index in [1.807, 2.05) is 6.08 Å². The zero-order valence-corrected chi connectivity index (χ0v) is 38.3. The first kappa shape index (κ1) is 56.6. The summed E-state index contributed by atoms with van der Waals surface area (Å²) in [5, 5.41) is 30.7. The minimum absolute atomic E-state index is 0.00548. The first-order chi connectivity index (χ1) is 29.6. The van der Waals surface area contributed by atoms with Gasteiger partial charge in [-0.1, -0.05) is 151 Å². The van der Waals surface area contributed by atoms with Crippen LogP contribution in [0.15, 0.2) is 72.9 Å². The van der Waals surface area contributed by atoms with Gasteiger partial charge in [-0.3, -0.25) is 9.35 Å². The van der Waals surface area contributed by atoms with Gasteiger partial charge in [-0.15, -0.1) is 0 Å². The maximum atomic E-state index is 12.8. The average molecular weight is 883 g/mol. The summed E-state index contributed by atoms with van der Waals surface area (Å²) in [5.41, 5.74) is 0. The summed E-state index contributed by atoms with van der Waals surface area (Å²) >= 11 is 0. The molecule has 0 aromatic heterocycles. The number of hydrogen-bond acceptors (Lipinski definition) is 11. The molecule has 0 radical (unpaired) electrons. The van der Waals surface area contributed by atoms with Crippen LogP contribution >= 0.6 is 0 Å². The van der Waals surface area contributed by atoms with Crippen molar-refractivity contribution in [3.63, 3.8) is 0 Å². The van der Waals surface area contributed by atoms with Crippen molar-refractivity contribution < 1.29 is 56.2 Å². The molecule has 352 valence electrons. The van der Waals surface area contributed by atoms with Crippen molar-refractivity contribution in [3.05, 3.63) is 72.9 Å². The van der Waals surface area contributed by atoms with E-state index in [1.54, 1.807) is 0 Å². The van der Waals surface area contributed by atoms with Gasteiger partial charge in [0, 0.05) is 13.0 Å². The molecule has 0 aromatic rings. The Hall–Kier alpha value is -2.46. The molecule has 6 atom stereocenters. The van der Waals surface area contributed by atoms with Gasteiger partial charge in [0.05, 0.1) is 19.8 Å². The number of unbranched alkanes of at least 4 members (excludes halogenated alkanes) is 14. The number of allylic oxidation sites excluding steroid dienone is 12. The minimum atomic E-state index is -5.07. The Morgan fingerprint density at radius 3 is 1.67 bits per heavy atom. The SMILES string of the molecule is CC/C=C\C/C=C\C/C=C\C/C=C\C/C=C\CCCC(=O)OC(COCCCCCCCC/C=C\CCCCCCCCC)COC1OC(CO)C(O)C(OS(=O)(=O)O)C1O. The zero-order valence-electron chi connectivity index (χ0n) is 37.4. The van der Waals surface area contributed by atoms with E-state index < -0.39 is 59.8 Å². The summed E-state index contributed by atoms with van der Waals surface area (Å²) in [6.45, 7) is 3.78. The van der Waals surface area contributed by atoms with Crippen molar-refractivity contribution in [2.24, 2.45) is 0 Å². The van der Waals surface area contributed by atoms with Gasteiger partial charge >= 0.3 is 16.4 Å². The van der Waals surface area contributed by atoms with Crippen LogP contribution in [0.2, 0.25) is 0 Å². The van der Waals surface area contributed by atoms with Gasteiger partial charge in [0.2, 0.25) is 0 Å². The number of aliphatic hydroxyl groups excluding tert-OH is 3. The summed E-state index contributed by atoms with van der Waals surface area (Å²) < 4.78 is 59.0. The molecule has 0 spiro atoms.